The third-order valence-electron chi connectivity index (χ3n) is 5.48. The maximum absolute atomic E-state index is 12.8. The third kappa shape index (κ3) is 2.59. The molecule has 1 aromatic rings. The second-order valence-corrected chi connectivity index (χ2v) is 8.10. The number of rotatable bonds is 3. The van der Waals surface area contributed by atoms with Crippen LogP contribution in [0.3, 0.4) is 0 Å². The number of amides is 1. The van der Waals surface area contributed by atoms with Gasteiger partial charge in [-0.1, -0.05) is 0 Å². The minimum Gasteiger partial charge on any atom is -0.396 e. The number of hydrogen-bond donors (Lipinski definition) is 1. The summed E-state index contributed by atoms with van der Waals surface area (Å²) in [5.74, 6) is 0.572. The summed E-state index contributed by atoms with van der Waals surface area (Å²) >= 11 is 1.53. The van der Waals surface area contributed by atoms with Gasteiger partial charge in [-0.15, -0.1) is 11.3 Å². The Kier molecular flexibility index (Phi) is 4.32. The lowest BCUT2D eigenvalue weighted by Gasteiger charge is -2.44. The Balaban J connectivity index is 1.79. The number of aryl methyl sites for hydroxylation is 1. The molecule has 122 valence electrons. The normalized spacial score (nSPS) is 29.1. The van der Waals surface area contributed by atoms with Crippen molar-refractivity contribution in [2.24, 2.45) is 11.3 Å². The molecule has 1 aromatic heterocycles. The molecule has 22 heavy (non-hydrogen) atoms. The van der Waals surface area contributed by atoms with Crippen molar-refractivity contribution in [3.63, 3.8) is 0 Å². The maximum Gasteiger partial charge on any atom is 0.264 e. The predicted octanol–water partition coefficient (Wildman–Crippen LogP) is 2.22. The molecule has 0 aliphatic carbocycles. The first-order chi connectivity index (χ1) is 10.5. The van der Waals surface area contributed by atoms with E-state index < -0.39 is 0 Å². The van der Waals surface area contributed by atoms with Crippen molar-refractivity contribution in [2.45, 2.75) is 33.2 Å². The Morgan fingerprint density at radius 1 is 1.50 bits per heavy atom. The number of likely N-dealkylation sites (tertiary alicyclic amines) is 2. The standard InChI is InChI=1S/C17H26N2O2S/c1-12(2)18-6-4-14-8-19(10-17(14,9-18)11-20)16(21)15-13(3)5-7-22-15/h5,7,12,14,20H,4,6,8-11H2,1-3H3/t14-,17+/m0/s1. The van der Waals surface area contributed by atoms with Gasteiger partial charge in [0.15, 0.2) is 0 Å². The topological polar surface area (TPSA) is 43.8 Å². The molecule has 1 amide bonds. The minimum atomic E-state index is -0.136. The van der Waals surface area contributed by atoms with E-state index in [0.29, 0.717) is 18.5 Å². The Labute approximate surface area is 136 Å². The average molecular weight is 322 g/mol. The molecule has 0 saturated carbocycles. The molecule has 5 heteroatoms. The lowest BCUT2D eigenvalue weighted by molar-refractivity contribution is -0.00102. The first kappa shape index (κ1) is 16.0. The fourth-order valence-corrected chi connectivity index (χ4v) is 4.87. The summed E-state index contributed by atoms with van der Waals surface area (Å²) in [5.41, 5.74) is 0.926. The molecular weight excluding hydrogens is 296 g/mol. The minimum absolute atomic E-state index is 0.136. The van der Waals surface area contributed by atoms with Crippen LogP contribution >= 0.6 is 11.3 Å². The molecule has 0 aromatic carbocycles. The summed E-state index contributed by atoms with van der Waals surface area (Å²) in [7, 11) is 0. The summed E-state index contributed by atoms with van der Waals surface area (Å²) in [6.45, 7) is 10.0. The van der Waals surface area contributed by atoms with E-state index in [0.717, 1.165) is 36.5 Å². The molecule has 2 saturated heterocycles. The summed E-state index contributed by atoms with van der Waals surface area (Å²) in [4.78, 5) is 18.1. The van der Waals surface area contributed by atoms with Crippen molar-refractivity contribution in [3.8, 4) is 0 Å². The number of carbonyl (C=O) groups excluding carboxylic acids is 1. The molecule has 0 bridgehead atoms. The first-order valence-corrected chi connectivity index (χ1v) is 9.03. The summed E-state index contributed by atoms with van der Waals surface area (Å²) in [6, 6.07) is 2.50. The Hall–Kier alpha value is -0.910. The Morgan fingerprint density at radius 2 is 2.27 bits per heavy atom. The zero-order valence-corrected chi connectivity index (χ0v) is 14.5. The van der Waals surface area contributed by atoms with Crippen LogP contribution in [0.5, 0.6) is 0 Å². The van der Waals surface area contributed by atoms with Crippen LogP contribution < -0.4 is 0 Å². The number of nitrogens with zero attached hydrogens (tertiary/aromatic N) is 2. The highest BCUT2D eigenvalue weighted by atomic mass is 32.1. The molecule has 2 atom stereocenters. The van der Waals surface area contributed by atoms with Crippen molar-refractivity contribution in [2.75, 3.05) is 32.8 Å². The van der Waals surface area contributed by atoms with E-state index in [2.05, 4.69) is 18.7 Å². The molecule has 4 nitrogen and oxygen atoms in total. The van der Waals surface area contributed by atoms with Gasteiger partial charge in [0, 0.05) is 31.1 Å². The molecule has 2 aliphatic rings. The zero-order valence-electron chi connectivity index (χ0n) is 13.7. The summed E-state index contributed by atoms with van der Waals surface area (Å²) in [5, 5.41) is 12.1. The monoisotopic (exact) mass is 322 g/mol. The highest BCUT2D eigenvalue weighted by Crippen LogP contribution is 2.43. The molecule has 2 aliphatic heterocycles. The van der Waals surface area contributed by atoms with Crippen LogP contribution in [0.15, 0.2) is 11.4 Å². The van der Waals surface area contributed by atoms with E-state index in [1.54, 1.807) is 0 Å². The van der Waals surface area contributed by atoms with Gasteiger partial charge in [0.1, 0.15) is 0 Å². The van der Waals surface area contributed by atoms with E-state index in [9.17, 15) is 9.90 Å². The van der Waals surface area contributed by atoms with E-state index in [-0.39, 0.29) is 17.9 Å². The number of thiophene rings is 1. The van der Waals surface area contributed by atoms with Crippen molar-refractivity contribution in [1.29, 1.82) is 0 Å². The third-order valence-corrected chi connectivity index (χ3v) is 6.49. The molecule has 0 unspecified atom stereocenters. The number of aliphatic hydroxyl groups excluding tert-OH is 1. The predicted molar refractivity (Wildman–Crippen MR) is 89.3 cm³/mol. The van der Waals surface area contributed by atoms with Crippen molar-refractivity contribution in [3.05, 3.63) is 21.9 Å². The van der Waals surface area contributed by atoms with Crippen molar-refractivity contribution >= 4 is 17.2 Å². The van der Waals surface area contributed by atoms with E-state index in [1.807, 2.05) is 23.3 Å². The van der Waals surface area contributed by atoms with E-state index >= 15 is 0 Å². The maximum atomic E-state index is 12.8. The SMILES string of the molecule is Cc1ccsc1C(=O)N1C[C@@H]2CCN(C(C)C)C[C@]2(CO)C1. The summed E-state index contributed by atoms with van der Waals surface area (Å²) < 4.78 is 0. The number of aliphatic hydroxyl groups is 1. The smallest absolute Gasteiger partial charge is 0.264 e. The van der Waals surface area contributed by atoms with Crippen LogP contribution in [0.25, 0.3) is 0 Å². The van der Waals surface area contributed by atoms with Gasteiger partial charge >= 0.3 is 0 Å². The van der Waals surface area contributed by atoms with Gasteiger partial charge in [0.05, 0.1) is 11.5 Å². The van der Waals surface area contributed by atoms with Gasteiger partial charge in [-0.3, -0.25) is 4.79 Å². The van der Waals surface area contributed by atoms with Gasteiger partial charge in [-0.2, -0.15) is 0 Å². The Bertz CT molecular complexity index is 557. The second-order valence-electron chi connectivity index (χ2n) is 7.19. The van der Waals surface area contributed by atoms with Crippen LogP contribution in [-0.2, 0) is 0 Å². The molecule has 3 heterocycles. The highest BCUT2D eigenvalue weighted by Gasteiger charge is 2.51. The quantitative estimate of drug-likeness (QED) is 0.928. The molecule has 1 N–H and O–H groups in total. The average Bonchev–Trinajstić information content (AvgIpc) is 3.09. The van der Waals surface area contributed by atoms with Crippen LogP contribution in [0.4, 0.5) is 0 Å². The number of fused-ring (bicyclic) bond motifs is 1. The lowest BCUT2D eigenvalue weighted by Crippen LogP contribution is -2.52. The molecule has 0 spiro atoms. The zero-order chi connectivity index (χ0) is 15.9. The molecule has 3 rings (SSSR count). The fourth-order valence-electron chi connectivity index (χ4n) is 3.98. The lowest BCUT2D eigenvalue weighted by atomic mass is 9.73. The number of carbonyl (C=O) groups is 1. The molecular formula is C17H26N2O2S. The van der Waals surface area contributed by atoms with Gasteiger partial charge < -0.3 is 14.9 Å². The first-order valence-electron chi connectivity index (χ1n) is 8.15. The van der Waals surface area contributed by atoms with Gasteiger partial charge in [-0.05, 0) is 56.7 Å². The van der Waals surface area contributed by atoms with Crippen LogP contribution in [0.2, 0.25) is 0 Å². The van der Waals surface area contributed by atoms with E-state index in [1.165, 1.54) is 11.3 Å². The van der Waals surface area contributed by atoms with E-state index in [4.69, 9.17) is 0 Å². The summed E-state index contributed by atoms with van der Waals surface area (Å²) in [6.07, 6.45) is 1.08. The van der Waals surface area contributed by atoms with Gasteiger partial charge in [-0.25, -0.2) is 0 Å². The van der Waals surface area contributed by atoms with Gasteiger partial charge in [0.2, 0.25) is 0 Å². The van der Waals surface area contributed by atoms with Crippen LogP contribution in [0.1, 0.15) is 35.5 Å². The fraction of sp³-hybridized carbons (Fsp3) is 0.706. The van der Waals surface area contributed by atoms with Crippen LogP contribution in [-0.4, -0.2) is 59.6 Å². The Morgan fingerprint density at radius 3 is 2.86 bits per heavy atom. The number of piperidine rings is 1. The van der Waals surface area contributed by atoms with Crippen molar-refractivity contribution < 1.29 is 9.90 Å². The number of hydrogen-bond acceptors (Lipinski definition) is 4. The molecule has 2 fully saturated rings. The molecule has 0 radical (unpaired) electrons. The van der Waals surface area contributed by atoms with Gasteiger partial charge in [0.25, 0.3) is 5.91 Å². The largest absolute Gasteiger partial charge is 0.396 e. The van der Waals surface area contributed by atoms with Crippen molar-refractivity contribution in [1.82, 2.24) is 9.80 Å². The second kappa shape index (κ2) is 5.95. The highest BCUT2D eigenvalue weighted by molar-refractivity contribution is 7.12. The van der Waals surface area contributed by atoms with Crippen LogP contribution in [0, 0.1) is 18.3 Å².